The molecule has 0 fully saturated rings. The summed E-state index contributed by atoms with van der Waals surface area (Å²) in [4.78, 5) is 11.3. The lowest BCUT2D eigenvalue weighted by Crippen LogP contribution is -2.40. The average Bonchev–Trinajstić information content (AvgIpc) is 2.18. The molecule has 0 aliphatic carbocycles. The third-order valence-corrected chi connectivity index (χ3v) is 1.80. The van der Waals surface area contributed by atoms with E-state index in [4.69, 9.17) is 0 Å². The molecule has 0 unspecified atom stereocenters. The van der Waals surface area contributed by atoms with Gasteiger partial charge in [-0.3, -0.25) is 0 Å². The number of rotatable bonds is 3. The van der Waals surface area contributed by atoms with Gasteiger partial charge in [0.2, 0.25) is 0 Å². The second-order valence-corrected chi connectivity index (χ2v) is 2.77. The van der Waals surface area contributed by atoms with E-state index in [9.17, 15) is 4.79 Å². The predicted molar refractivity (Wildman–Crippen MR) is 48.3 cm³/mol. The summed E-state index contributed by atoms with van der Waals surface area (Å²) in [7, 11) is 1.39. The normalized spacial score (nSPS) is 9.69. The Kier molecular flexibility index (Phi) is 3.43. The van der Waals surface area contributed by atoms with Crippen LogP contribution in [0.3, 0.4) is 0 Å². The first-order chi connectivity index (χ1) is 6.29. The number of esters is 1. The maximum absolute atomic E-state index is 11.3. The molecule has 0 radical (unpaired) electrons. The number of carbonyl (C=O) groups excluding carboxylic acids is 1. The van der Waals surface area contributed by atoms with Gasteiger partial charge in [-0.25, -0.2) is 4.79 Å². The highest BCUT2D eigenvalue weighted by Crippen LogP contribution is 1.94. The minimum Gasteiger partial charge on any atom is -0.461 e. The van der Waals surface area contributed by atoms with Crippen LogP contribution in [0.2, 0.25) is 0 Å². The first kappa shape index (κ1) is 9.71. The smallest absolute Gasteiger partial charge is 0.403 e. The summed E-state index contributed by atoms with van der Waals surface area (Å²) in [5.74, 6) is -0.283. The molecule has 0 saturated heterocycles. The summed E-state index contributed by atoms with van der Waals surface area (Å²) in [5, 5.41) is 0. The van der Waals surface area contributed by atoms with E-state index in [1.165, 1.54) is 7.11 Å². The van der Waals surface area contributed by atoms with Crippen LogP contribution in [-0.2, 0) is 11.3 Å². The summed E-state index contributed by atoms with van der Waals surface area (Å²) >= 11 is 0. The fourth-order valence-electron chi connectivity index (χ4n) is 1.20. The highest BCUT2D eigenvalue weighted by molar-refractivity contribution is 5.85. The van der Waals surface area contributed by atoms with Crippen LogP contribution in [0.1, 0.15) is 23.8 Å². The van der Waals surface area contributed by atoms with Crippen molar-refractivity contribution in [1.82, 2.24) is 0 Å². The van der Waals surface area contributed by atoms with Gasteiger partial charge in [0.05, 0.1) is 7.11 Å². The maximum Gasteiger partial charge on any atom is 0.403 e. The van der Waals surface area contributed by atoms with Crippen molar-refractivity contribution in [3.8, 4) is 0 Å². The fourth-order valence-corrected chi connectivity index (χ4v) is 1.20. The topological polar surface area (TPSA) is 30.2 Å². The minimum atomic E-state index is -0.283. The van der Waals surface area contributed by atoms with E-state index in [0.29, 0.717) is 5.69 Å². The number of hydrogen-bond acceptors (Lipinski definition) is 2. The van der Waals surface area contributed by atoms with Gasteiger partial charge in [-0.1, -0.05) is 6.92 Å². The Bertz CT molecular complexity index is 297. The lowest BCUT2D eigenvalue weighted by molar-refractivity contribution is -0.699. The van der Waals surface area contributed by atoms with Crippen LogP contribution in [0, 0.1) is 0 Å². The third kappa shape index (κ3) is 2.28. The fraction of sp³-hybridized carbons (Fsp3) is 0.400. The molecule has 0 bridgehead atoms. The summed E-state index contributed by atoms with van der Waals surface area (Å²) in [6.07, 6.45) is 2.88. The molecule has 0 saturated carbocycles. The SMILES string of the molecule is CCC[n+]1ccccc1C(=O)OC. The number of ether oxygens (including phenoxy) is 1. The van der Waals surface area contributed by atoms with Crippen LogP contribution < -0.4 is 4.57 Å². The zero-order valence-corrected chi connectivity index (χ0v) is 7.99. The van der Waals surface area contributed by atoms with Crippen molar-refractivity contribution in [1.29, 1.82) is 0 Å². The molecule has 0 spiro atoms. The molecule has 3 nitrogen and oxygen atoms in total. The molecule has 0 atom stereocenters. The monoisotopic (exact) mass is 180 g/mol. The molecule has 1 aromatic heterocycles. The quantitative estimate of drug-likeness (QED) is 0.516. The third-order valence-electron chi connectivity index (χ3n) is 1.80. The Morgan fingerprint density at radius 2 is 2.31 bits per heavy atom. The molecular formula is C10H14NO2+. The molecule has 1 heterocycles. The van der Waals surface area contributed by atoms with Gasteiger partial charge in [0, 0.05) is 18.6 Å². The van der Waals surface area contributed by atoms with Gasteiger partial charge in [-0.2, -0.15) is 4.57 Å². The van der Waals surface area contributed by atoms with Crippen LogP contribution in [0.15, 0.2) is 24.4 Å². The second kappa shape index (κ2) is 4.60. The van der Waals surface area contributed by atoms with Crippen molar-refractivity contribution in [2.75, 3.05) is 7.11 Å². The Labute approximate surface area is 78.0 Å². The molecule has 0 N–H and O–H groups in total. The van der Waals surface area contributed by atoms with E-state index in [0.717, 1.165) is 13.0 Å². The zero-order valence-electron chi connectivity index (χ0n) is 7.99. The van der Waals surface area contributed by atoms with E-state index in [2.05, 4.69) is 11.7 Å². The second-order valence-electron chi connectivity index (χ2n) is 2.77. The summed E-state index contributed by atoms with van der Waals surface area (Å²) in [5.41, 5.74) is 0.604. The highest BCUT2D eigenvalue weighted by atomic mass is 16.5. The van der Waals surface area contributed by atoms with E-state index in [1.807, 2.05) is 22.9 Å². The molecule has 70 valence electrons. The van der Waals surface area contributed by atoms with Crippen LogP contribution in [0.4, 0.5) is 0 Å². The summed E-state index contributed by atoms with van der Waals surface area (Å²) in [6, 6.07) is 5.50. The Hall–Kier alpha value is -1.38. The first-order valence-electron chi connectivity index (χ1n) is 4.36. The number of aromatic nitrogens is 1. The lowest BCUT2D eigenvalue weighted by Gasteiger charge is -1.99. The largest absolute Gasteiger partial charge is 0.461 e. The standard InChI is InChI=1S/C10H14NO2/c1-3-7-11-8-5-4-6-9(11)10(12)13-2/h4-6,8H,3,7H2,1-2H3/q+1. The Morgan fingerprint density at radius 1 is 1.54 bits per heavy atom. The van der Waals surface area contributed by atoms with Gasteiger partial charge in [0.1, 0.15) is 6.54 Å². The zero-order chi connectivity index (χ0) is 9.68. The molecule has 0 aromatic carbocycles. The van der Waals surface area contributed by atoms with Crippen molar-refractivity contribution >= 4 is 5.97 Å². The minimum absolute atomic E-state index is 0.283. The van der Waals surface area contributed by atoms with Crippen molar-refractivity contribution < 1.29 is 14.1 Å². The molecule has 13 heavy (non-hydrogen) atoms. The number of carbonyl (C=O) groups is 1. The predicted octanol–water partition coefficient (Wildman–Crippen LogP) is 1.17. The van der Waals surface area contributed by atoms with Gasteiger partial charge >= 0.3 is 5.97 Å². The number of methoxy groups -OCH3 is 1. The molecule has 3 heteroatoms. The summed E-state index contributed by atoms with van der Waals surface area (Å²) < 4.78 is 6.56. The number of hydrogen-bond donors (Lipinski definition) is 0. The number of pyridine rings is 1. The van der Waals surface area contributed by atoms with Crippen molar-refractivity contribution in [2.24, 2.45) is 0 Å². The highest BCUT2D eigenvalue weighted by Gasteiger charge is 2.17. The van der Waals surface area contributed by atoms with Crippen LogP contribution in [0.25, 0.3) is 0 Å². The van der Waals surface area contributed by atoms with E-state index in [-0.39, 0.29) is 5.97 Å². The summed E-state index contributed by atoms with van der Waals surface area (Å²) in [6.45, 7) is 2.91. The van der Waals surface area contributed by atoms with Crippen molar-refractivity contribution in [2.45, 2.75) is 19.9 Å². The molecule has 1 aromatic rings. The average molecular weight is 180 g/mol. The van der Waals surface area contributed by atoms with Crippen LogP contribution in [-0.4, -0.2) is 13.1 Å². The molecule has 1 rings (SSSR count). The van der Waals surface area contributed by atoms with E-state index in [1.54, 1.807) is 6.07 Å². The van der Waals surface area contributed by atoms with Crippen molar-refractivity contribution in [3.05, 3.63) is 30.1 Å². The van der Waals surface area contributed by atoms with Gasteiger partial charge in [-0.05, 0) is 6.07 Å². The van der Waals surface area contributed by atoms with Crippen LogP contribution in [0.5, 0.6) is 0 Å². The van der Waals surface area contributed by atoms with Gasteiger partial charge < -0.3 is 4.74 Å². The number of nitrogens with zero attached hydrogens (tertiary/aromatic N) is 1. The molecular weight excluding hydrogens is 166 g/mol. The lowest BCUT2D eigenvalue weighted by atomic mass is 10.3. The van der Waals surface area contributed by atoms with Gasteiger partial charge in [0.25, 0.3) is 5.69 Å². The number of aryl methyl sites for hydroxylation is 1. The molecule has 0 amide bonds. The van der Waals surface area contributed by atoms with E-state index >= 15 is 0 Å². The van der Waals surface area contributed by atoms with Crippen molar-refractivity contribution in [3.63, 3.8) is 0 Å². The van der Waals surface area contributed by atoms with Gasteiger partial charge in [-0.15, -0.1) is 0 Å². The van der Waals surface area contributed by atoms with Gasteiger partial charge in [0.15, 0.2) is 6.20 Å². The molecule has 0 aliphatic rings. The first-order valence-corrected chi connectivity index (χ1v) is 4.36. The van der Waals surface area contributed by atoms with Crippen LogP contribution >= 0.6 is 0 Å². The Morgan fingerprint density at radius 3 is 2.92 bits per heavy atom. The van der Waals surface area contributed by atoms with E-state index < -0.39 is 0 Å². The Balaban J connectivity index is 2.97. The maximum atomic E-state index is 11.3. The molecule has 0 aliphatic heterocycles.